The summed E-state index contributed by atoms with van der Waals surface area (Å²) in [7, 11) is 3.39. The second kappa shape index (κ2) is 8.32. The van der Waals surface area contributed by atoms with Gasteiger partial charge >= 0.3 is 0 Å². The first-order valence-electron chi connectivity index (χ1n) is 9.66. The van der Waals surface area contributed by atoms with Crippen LogP contribution in [0.5, 0.6) is 11.5 Å². The normalized spacial score (nSPS) is 15.9. The Bertz CT molecular complexity index is 841. The molecule has 0 atom stereocenters. The van der Waals surface area contributed by atoms with Gasteiger partial charge in [0.2, 0.25) is 0 Å². The second-order valence-corrected chi connectivity index (χ2v) is 8.54. The maximum absolute atomic E-state index is 5.44. The van der Waals surface area contributed by atoms with Crippen molar-refractivity contribution in [3.63, 3.8) is 0 Å². The van der Waals surface area contributed by atoms with Gasteiger partial charge in [0.15, 0.2) is 11.5 Å². The fourth-order valence-corrected chi connectivity index (χ4v) is 5.19. The number of hydrogen-bond acceptors (Lipinski definition) is 4. The van der Waals surface area contributed by atoms with Gasteiger partial charge in [0, 0.05) is 22.2 Å². The lowest BCUT2D eigenvalue weighted by Crippen LogP contribution is -2.33. The zero-order chi connectivity index (χ0) is 18.6. The fourth-order valence-electron chi connectivity index (χ4n) is 4.00. The van der Waals surface area contributed by atoms with E-state index in [1.807, 2.05) is 11.3 Å². The lowest BCUT2D eigenvalue weighted by molar-refractivity contribution is 0.177. The van der Waals surface area contributed by atoms with Crippen molar-refractivity contribution in [1.82, 2.24) is 4.90 Å². The molecule has 142 valence electrons. The molecule has 27 heavy (non-hydrogen) atoms. The molecule has 1 fully saturated rings. The maximum atomic E-state index is 5.44. The van der Waals surface area contributed by atoms with Gasteiger partial charge in [-0.05, 0) is 61.4 Å². The SMILES string of the molecule is COc1cc2cc(CC3CCN(Cc4ccccc4)CC3)sc2cc1OC. The fraction of sp³-hybridized carbons (Fsp3) is 0.391. The number of piperidine rings is 1. The quantitative estimate of drug-likeness (QED) is 0.573. The molecule has 0 unspecified atom stereocenters. The highest BCUT2D eigenvalue weighted by atomic mass is 32.1. The average molecular weight is 382 g/mol. The van der Waals surface area contributed by atoms with Crippen molar-refractivity contribution in [2.24, 2.45) is 5.92 Å². The van der Waals surface area contributed by atoms with E-state index in [1.165, 1.54) is 52.9 Å². The lowest BCUT2D eigenvalue weighted by Gasteiger charge is -2.31. The minimum absolute atomic E-state index is 0.786. The predicted octanol–water partition coefficient (Wildman–Crippen LogP) is 5.37. The Morgan fingerprint density at radius 2 is 1.67 bits per heavy atom. The van der Waals surface area contributed by atoms with Crippen molar-refractivity contribution >= 4 is 21.4 Å². The second-order valence-electron chi connectivity index (χ2n) is 7.37. The van der Waals surface area contributed by atoms with E-state index < -0.39 is 0 Å². The number of hydrogen-bond donors (Lipinski definition) is 0. The third kappa shape index (κ3) is 4.28. The zero-order valence-electron chi connectivity index (χ0n) is 16.1. The highest BCUT2D eigenvalue weighted by molar-refractivity contribution is 7.19. The molecule has 1 saturated heterocycles. The van der Waals surface area contributed by atoms with E-state index in [0.29, 0.717) is 0 Å². The van der Waals surface area contributed by atoms with E-state index in [-0.39, 0.29) is 0 Å². The number of benzene rings is 2. The van der Waals surface area contributed by atoms with Crippen LogP contribution >= 0.6 is 11.3 Å². The van der Waals surface area contributed by atoms with Crippen LogP contribution in [0.3, 0.4) is 0 Å². The Hall–Kier alpha value is -2.04. The first kappa shape index (κ1) is 18.3. The molecule has 0 aliphatic carbocycles. The first-order chi connectivity index (χ1) is 13.2. The molecule has 0 spiro atoms. The summed E-state index contributed by atoms with van der Waals surface area (Å²) in [6, 6.07) is 17.3. The van der Waals surface area contributed by atoms with Crippen LogP contribution < -0.4 is 9.47 Å². The molecular weight excluding hydrogens is 354 g/mol. The van der Waals surface area contributed by atoms with Crippen LogP contribution in [0.15, 0.2) is 48.5 Å². The molecule has 0 radical (unpaired) electrons. The number of rotatable bonds is 6. The molecule has 2 heterocycles. The number of nitrogens with zero attached hydrogens (tertiary/aromatic N) is 1. The standard InChI is InChI=1S/C23H27NO2S/c1-25-21-14-19-13-20(27-23(19)15-22(21)26-2)12-17-8-10-24(11-9-17)16-18-6-4-3-5-7-18/h3-7,13-15,17H,8-12,16H2,1-2H3. The summed E-state index contributed by atoms with van der Waals surface area (Å²) in [6.07, 6.45) is 3.75. The van der Waals surface area contributed by atoms with E-state index in [0.717, 1.165) is 24.0 Å². The lowest BCUT2D eigenvalue weighted by atomic mass is 9.92. The van der Waals surface area contributed by atoms with Gasteiger partial charge in [-0.2, -0.15) is 0 Å². The molecule has 3 aromatic rings. The molecule has 2 aromatic carbocycles. The topological polar surface area (TPSA) is 21.7 Å². The van der Waals surface area contributed by atoms with Crippen LogP contribution in [-0.4, -0.2) is 32.2 Å². The van der Waals surface area contributed by atoms with Crippen LogP contribution in [-0.2, 0) is 13.0 Å². The van der Waals surface area contributed by atoms with E-state index in [1.54, 1.807) is 14.2 Å². The Kier molecular flexibility index (Phi) is 5.65. The minimum atomic E-state index is 0.786. The van der Waals surface area contributed by atoms with Gasteiger partial charge in [0.1, 0.15) is 0 Å². The molecular formula is C23H27NO2S. The molecule has 0 N–H and O–H groups in total. The highest BCUT2D eigenvalue weighted by Gasteiger charge is 2.20. The number of thiophene rings is 1. The number of likely N-dealkylation sites (tertiary alicyclic amines) is 1. The van der Waals surface area contributed by atoms with E-state index in [4.69, 9.17) is 9.47 Å². The molecule has 0 bridgehead atoms. The van der Waals surface area contributed by atoms with Crippen LogP contribution in [0.25, 0.3) is 10.1 Å². The Labute approximate surface area is 165 Å². The van der Waals surface area contributed by atoms with Crippen LogP contribution in [0.2, 0.25) is 0 Å². The molecule has 4 heteroatoms. The maximum Gasteiger partial charge on any atom is 0.162 e. The summed E-state index contributed by atoms with van der Waals surface area (Å²) in [5, 5.41) is 1.26. The molecule has 0 saturated carbocycles. The molecule has 0 amide bonds. The van der Waals surface area contributed by atoms with Gasteiger partial charge in [0.05, 0.1) is 14.2 Å². The largest absolute Gasteiger partial charge is 0.493 e. The van der Waals surface area contributed by atoms with Crippen molar-refractivity contribution in [2.75, 3.05) is 27.3 Å². The molecule has 1 aliphatic heterocycles. The number of fused-ring (bicyclic) bond motifs is 1. The highest BCUT2D eigenvalue weighted by Crippen LogP contribution is 2.37. The van der Waals surface area contributed by atoms with Crippen LogP contribution in [0, 0.1) is 5.92 Å². The van der Waals surface area contributed by atoms with Crippen molar-refractivity contribution in [1.29, 1.82) is 0 Å². The van der Waals surface area contributed by atoms with Gasteiger partial charge in [-0.25, -0.2) is 0 Å². The summed E-state index contributed by atoms with van der Waals surface area (Å²) in [5.41, 5.74) is 1.42. The van der Waals surface area contributed by atoms with Crippen molar-refractivity contribution < 1.29 is 9.47 Å². The third-order valence-electron chi connectivity index (χ3n) is 5.52. The number of methoxy groups -OCH3 is 2. The van der Waals surface area contributed by atoms with Gasteiger partial charge in [0.25, 0.3) is 0 Å². The molecule has 1 aliphatic rings. The monoisotopic (exact) mass is 381 g/mol. The number of ether oxygens (including phenoxy) is 2. The summed E-state index contributed by atoms with van der Waals surface area (Å²) < 4.78 is 12.2. The summed E-state index contributed by atoms with van der Waals surface area (Å²) in [4.78, 5) is 4.06. The summed E-state index contributed by atoms with van der Waals surface area (Å²) >= 11 is 1.89. The molecule has 4 rings (SSSR count). The van der Waals surface area contributed by atoms with Gasteiger partial charge < -0.3 is 9.47 Å². The van der Waals surface area contributed by atoms with Crippen LogP contribution in [0.4, 0.5) is 0 Å². The molecule has 1 aromatic heterocycles. The van der Waals surface area contributed by atoms with E-state index in [2.05, 4.69) is 53.4 Å². The third-order valence-corrected chi connectivity index (χ3v) is 6.64. The van der Waals surface area contributed by atoms with E-state index >= 15 is 0 Å². The zero-order valence-corrected chi connectivity index (χ0v) is 16.9. The summed E-state index contributed by atoms with van der Waals surface area (Å²) in [5.74, 6) is 2.41. The van der Waals surface area contributed by atoms with Gasteiger partial charge in [-0.3, -0.25) is 4.90 Å². The van der Waals surface area contributed by atoms with Crippen molar-refractivity contribution in [3.8, 4) is 11.5 Å². The first-order valence-corrected chi connectivity index (χ1v) is 10.5. The Balaban J connectivity index is 1.37. The van der Waals surface area contributed by atoms with Crippen molar-refractivity contribution in [2.45, 2.75) is 25.8 Å². The predicted molar refractivity (Wildman–Crippen MR) is 113 cm³/mol. The van der Waals surface area contributed by atoms with Gasteiger partial charge in [-0.1, -0.05) is 30.3 Å². The van der Waals surface area contributed by atoms with Crippen LogP contribution in [0.1, 0.15) is 23.3 Å². The Morgan fingerprint density at radius 1 is 0.963 bits per heavy atom. The van der Waals surface area contributed by atoms with E-state index in [9.17, 15) is 0 Å². The molecule has 3 nitrogen and oxygen atoms in total. The average Bonchev–Trinajstić information content (AvgIpc) is 3.10. The van der Waals surface area contributed by atoms with Crippen molar-refractivity contribution in [3.05, 3.63) is 59.0 Å². The Morgan fingerprint density at radius 3 is 2.37 bits per heavy atom. The summed E-state index contributed by atoms with van der Waals surface area (Å²) in [6.45, 7) is 3.48. The van der Waals surface area contributed by atoms with Gasteiger partial charge in [-0.15, -0.1) is 11.3 Å². The minimum Gasteiger partial charge on any atom is -0.493 e. The smallest absolute Gasteiger partial charge is 0.162 e.